The van der Waals surface area contributed by atoms with E-state index in [0.717, 1.165) is 0 Å². The minimum atomic E-state index is -3.88. The molecule has 0 bridgehead atoms. The molecule has 0 fully saturated rings. The predicted octanol–water partition coefficient (Wildman–Crippen LogP) is 3.49. The summed E-state index contributed by atoms with van der Waals surface area (Å²) in [5.41, 5.74) is -0.168. The van der Waals surface area contributed by atoms with Crippen LogP contribution in [-0.2, 0) is 0 Å². The lowest BCUT2D eigenvalue weighted by Crippen LogP contribution is -2.21. The van der Waals surface area contributed by atoms with Crippen molar-refractivity contribution in [3.05, 3.63) is 29.8 Å². The van der Waals surface area contributed by atoms with Crippen molar-refractivity contribution in [3.8, 4) is 5.75 Å². The molecule has 0 aliphatic heterocycles. The van der Waals surface area contributed by atoms with Gasteiger partial charge < -0.3 is 4.74 Å². The van der Waals surface area contributed by atoms with E-state index in [0.29, 0.717) is 5.75 Å². The Morgan fingerprint density at radius 2 is 2.06 bits per heavy atom. The molecule has 0 saturated heterocycles. The van der Waals surface area contributed by atoms with Crippen molar-refractivity contribution in [2.75, 3.05) is 0 Å². The monoisotopic (exact) mass is 248 g/mol. The molecule has 0 unspecified atom stereocenters. The number of benzene rings is 1. The van der Waals surface area contributed by atoms with Gasteiger partial charge in [0.2, 0.25) is 5.78 Å². The number of hydrogen-bond donors (Lipinski definition) is 0. The highest BCUT2D eigenvalue weighted by molar-refractivity contribution is 6.35. The van der Waals surface area contributed by atoms with Crippen molar-refractivity contribution in [3.63, 3.8) is 0 Å². The first-order valence-electron chi connectivity index (χ1n) is 4.69. The van der Waals surface area contributed by atoms with Gasteiger partial charge >= 0.3 is 5.38 Å². The zero-order valence-electron chi connectivity index (χ0n) is 8.84. The van der Waals surface area contributed by atoms with Crippen LogP contribution < -0.4 is 4.74 Å². The molecular formula is C11H11ClF2O2. The molecule has 1 aromatic carbocycles. The molecule has 5 heteroatoms. The summed E-state index contributed by atoms with van der Waals surface area (Å²) in [6, 6.07) is 5.57. The summed E-state index contributed by atoms with van der Waals surface area (Å²) in [4.78, 5) is 11.2. The van der Waals surface area contributed by atoms with Crippen molar-refractivity contribution >= 4 is 17.4 Å². The van der Waals surface area contributed by atoms with Crippen LogP contribution >= 0.6 is 11.6 Å². The Hall–Kier alpha value is -1.16. The Kier molecular flexibility index (Phi) is 3.86. The maximum absolute atomic E-state index is 12.6. The molecule has 0 amide bonds. The zero-order valence-corrected chi connectivity index (χ0v) is 9.59. The van der Waals surface area contributed by atoms with Crippen LogP contribution in [0, 0.1) is 0 Å². The van der Waals surface area contributed by atoms with Crippen LogP contribution in [0.2, 0.25) is 0 Å². The van der Waals surface area contributed by atoms with Gasteiger partial charge in [-0.15, -0.1) is 0 Å². The summed E-state index contributed by atoms with van der Waals surface area (Å²) in [6.45, 7) is 3.59. The van der Waals surface area contributed by atoms with Gasteiger partial charge in [0.15, 0.2) is 0 Å². The van der Waals surface area contributed by atoms with Crippen LogP contribution in [-0.4, -0.2) is 17.3 Å². The molecule has 0 aliphatic carbocycles. The van der Waals surface area contributed by atoms with E-state index in [1.807, 2.05) is 0 Å². The van der Waals surface area contributed by atoms with Crippen molar-refractivity contribution in [2.45, 2.75) is 25.3 Å². The van der Waals surface area contributed by atoms with Crippen LogP contribution in [0.3, 0.4) is 0 Å². The third-order valence-corrected chi connectivity index (χ3v) is 1.90. The third-order valence-electron chi connectivity index (χ3n) is 1.73. The van der Waals surface area contributed by atoms with Gasteiger partial charge in [-0.3, -0.25) is 4.79 Å². The molecule has 1 aromatic rings. The number of carbonyl (C=O) groups is 1. The summed E-state index contributed by atoms with van der Waals surface area (Å²) in [7, 11) is 0. The molecule has 0 aromatic heterocycles. The molecule has 0 N–H and O–H groups in total. The van der Waals surface area contributed by atoms with Crippen molar-refractivity contribution in [2.24, 2.45) is 0 Å². The minimum Gasteiger partial charge on any atom is -0.491 e. The fourth-order valence-electron chi connectivity index (χ4n) is 1.15. The Morgan fingerprint density at radius 1 is 1.44 bits per heavy atom. The second-order valence-corrected chi connectivity index (χ2v) is 4.00. The van der Waals surface area contributed by atoms with Crippen LogP contribution in [0.25, 0.3) is 0 Å². The van der Waals surface area contributed by atoms with Crippen molar-refractivity contribution in [1.29, 1.82) is 0 Å². The average molecular weight is 249 g/mol. The number of halogens is 3. The predicted molar refractivity (Wildman–Crippen MR) is 57.3 cm³/mol. The van der Waals surface area contributed by atoms with E-state index in [2.05, 4.69) is 11.6 Å². The van der Waals surface area contributed by atoms with Gasteiger partial charge in [0, 0.05) is 5.56 Å². The Bertz CT molecular complexity index is 386. The molecule has 88 valence electrons. The highest BCUT2D eigenvalue weighted by Crippen LogP contribution is 2.26. The van der Waals surface area contributed by atoms with Crippen LogP contribution in [0.1, 0.15) is 24.2 Å². The van der Waals surface area contributed by atoms with E-state index in [1.54, 1.807) is 19.9 Å². The summed E-state index contributed by atoms with van der Waals surface area (Å²) in [5, 5.41) is -3.88. The van der Waals surface area contributed by atoms with E-state index in [4.69, 9.17) is 4.74 Å². The molecular weight excluding hydrogens is 238 g/mol. The first-order valence-corrected chi connectivity index (χ1v) is 5.06. The largest absolute Gasteiger partial charge is 0.491 e. The number of Topliss-reactive ketones (excluding diaryl/α,β-unsaturated/α-hetero) is 1. The maximum Gasteiger partial charge on any atom is 0.384 e. The average Bonchev–Trinajstić information content (AvgIpc) is 2.14. The normalized spacial score (nSPS) is 11.6. The van der Waals surface area contributed by atoms with E-state index >= 15 is 0 Å². The highest BCUT2D eigenvalue weighted by atomic mass is 35.5. The number of hydrogen-bond acceptors (Lipinski definition) is 2. The number of rotatable bonds is 4. The van der Waals surface area contributed by atoms with Gasteiger partial charge in [-0.25, -0.2) is 0 Å². The topological polar surface area (TPSA) is 26.3 Å². The summed E-state index contributed by atoms with van der Waals surface area (Å²) < 4.78 is 30.4. The fraction of sp³-hybridized carbons (Fsp3) is 0.364. The molecule has 0 radical (unpaired) electrons. The summed E-state index contributed by atoms with van der Waals surface area (Å²) >= 11 is 4.65. The quantitative estimate of drug-likeness (QED) is 0.602. The molecule has 0 heterocycles. The van der Waals surface area contributed by atoms with Crippen LogP contribution in [0.15, 0.2) is 24.3 Å². The second-order valence-electron chi connectivity index (χ2n) is 3.52. The maximum atomic E-state index is 12.6. The third kappa shape index (κ3) is 3.45. The number of ketones is 1. The Labute approximate surface area is 97.2 Å². The molecule has 0 atom stereocenters. The number of carbonyl (C=O) groups excluding carboxylic acids is 1. The SMILES string of the molecule is CC(C)Oc1cccc(C(=O)C(F)(F)Cl)c1. The summed E-state index contributed by atoms with van der Waals surface area (Å²) in [5.74, 6) is -1.06. The van der Waals surface area contributed by atoms with E-state index in [1.165, 1.54) is 18.2 Å². The Morgan fingerprint density at radius 3 is 2.56 bits per heavy atom. The van der Waals surface area contributed by atoms with Gasteiger partial charge in [0.1, 0.15) is 5.75 Å². The van der Waals surface area contributed by atoms with Gasteiger partial charge in [0.25, 0.3) is 0 Å². The molecule has 0 aliphatic rings. The molecule has 0 saturated carbocycles. The lowest BCUT2D eigenvalue weighted by atomic mass is 10.1. The highest BCUT2D eigenvalue weighted by Gasteiger charge is 2.36. The second kappa shape index (κ2) is 4.78. The van der Waals surface area contributed by atoms with Gasteiger partial charge in [-0.1, -0.05) is 12.1 Å². The van der Waals surface area contributed by atoms with Gasteiger partial charge in [0.05, 0.1) is 6.10 Å². The molecule has 0 spiro atoms. The van der Waals surface area contributed by atoms with E-state index in [-0.39, 0.29) is 11.7 Å². The number of alkyl halides is 3. The summed E-state index contributed by atoms with van der Waals surface area (Å²) in [6.07, 6.45) is -0.0955. The van der Waals surface area contributed by atoms with Crippen molar-refractivity contribution in [1.82, 2.24) is 0 Å². The van der Waals surface area contributed by atoms with Crippen LogP contribution in [0.4, 0.5) is 8.78 Å². The van der Waals surface area contributed by atoms with Gasteiger partial charge in [-0.05, 0) is 37.6 Å². The molecule has 2 nitrogen and oxygen atoms in total. The number of ether oxygens (including phenoxy) is 1. The lowest BCUT2D eigenvalue weighted by Gasteiger charge is -2.11. The zero-order chi connectivity index (χ0) is 12.3. The van der Waals surface area contributed by atoms with Crippen LogP contribution in [0.5, 0.6) is 5.75 Å². The fourth-order valence-corrected chi connectivity index (χ4v) is 1.26. The van der Waals surface area contributed by atoms with Gasteiger partial charge in [-0.2, -0.15) is 8.78 Å². The molecule has 16 heavy (non-hydrogen) atoms. The standard InChI is InChI=1S/C11H11ClF2O2/c1-7(2)16-9-5-3-4-8(6-9)10(15)11(12,13)14/h3-7H,1-2H3. The van der Waals surface area contributed by atoms with E-state index in [9.17, 15) is 13.6 Å². The minimum absolute atomic E-state index is 0.0955. The Balaban J connectivity index is 2.95. The lowest BCUT2D eigenvalue weighted by molar-refractivity contribution is 0.0535. The first kappa shape index (κ1) is 12.9. The molecule has 1 rings (SSSR count). The van der Waals surface area contributed by atoms with Crippen molar-refractivity contribution < 1.29 is 18.3 Å². The van der Waals surface area contributed by atoms with E-state index < -0.39 is 11.2 Å². The smallest absolute Gasteiger partial charge is 0.384 e. The first-order chi connectivity index (χ1) is 7.30.